The number of nitrogens with two attached hydrogens (primary N) is 1. The standard InChI is InChI=1S/C14H18N2O2S2/c15-13(17)8-2-1-3-10(8)16-14(18)12-9-4-6-19-11(9)5-7-20-12/h4,6,8,10,12H,1-3,5,7H2,(H2,15,17)(H,16,18)/t8-,10+,12+/m1/s1. The molecule has 6 heteroatoms. The summed E-state index contributed by atoms with van der Waals surface area (Å²) in [5, 5.41) is 4.98. The van der Waals surface area contributed by atoms with E-state index in [1.807, 2.05) is 0 Å². The maximum absolute atomic E-state index is 12.5. The van der Waals surface area contributed by atoms with Crippen molar-refractivity contribution >= 4 is 34.9 Å². The van der Waals surface area contributed by atoms with Crippen LogP contribution in [0, 0.1) is 5.92 Å². The van der Waals surface area contributed by atoms with Crippen molar-refractivity contribution in [1.82, 2.24) is 5.32 Å². The highest BCUT2D eigenvalue weighted by atomic mass is 32.2. The van der Waals surface area contributed by atoms with E-state index in [-0.39, 0.29) is 29.0 Å². The minimum atomic E-state index is -0.291. The number of hydrogen-bond acceptors (Lipinski definition) is 4. The number of rotatable bonds is 3. The second kappa shape index (κ2) is 5.77. The molecule has 1 aliphatic carbocycles. The lowest BCUT2D eigenvalue weighted by atomic mass is 10.0. The minimum absolute atomic E-state index is 0.0347. The summed E-state index contributed by atoms with van der Waals surface area (Å²) in [6.07, 6.45) is 3.66. The quantitative estimate of drug-likeness (QED) is 0.895. The number of carbonyl (C=O) groups excluding carboxylic acids is 2. The molecule has 1 aromatic rings. The number of nitrogens with one attached hydrogen (secondary N) is 1. The maximum Gasteiger partial charge on any atom is 0.237 e. The molecule has 1 fully saturated rings. The molecule has 2 amide bonds. The number of hydrogen-bond donors (Lipinski definition) is 2. The van der Waals surface area contributed by atoms with Crippen LogP contribution in [0.15, 0.2) is 11.4 Å². The van der Waals surface area contributed by atoms with E-state index in [4.69, 9.17) is 5.73 Å². The van der Waals surface area contributed by atoms with Gasteiger partial charge in [-0.2, -0.15) is 0 Å². The molecule has 0 aromatic carbocycles. The van der Waals surface area contributed by atoms with Gasteiger partial charge in [-0.05, 0) is 42.0 Å². The lowest BCUT2D eigenvalue weighted by molar-refractivity contribution is -0.124. The van der Waals surface area contributed by atoms with Gasteiger partial charge in [-0.3, -0.25) is 9.59 Å². The van der Waals surface area contributed by atoms with Crippen LogP contribution < -0.4 is 11.1 Å². The summed E-state index contributed by atoms with van der Waals surface area (Å²) < 4.78 is 0. The molecule has 0 spiro atoms. The van der Waals surface area contributed by atoms with Gasteiger partial charge in [0, 0.05) is 10.9 Å². The van der Waals surface area contributed by atoms with Crippen molar-refractivity contribution in [3.63, 3.8) is 0 Å². The number of thioether (sulfide) groups is 1. The largest absolute Gasteiger partial charge is 0.369 e. The lowest BCUT2D eigenvalue weighted by Gasteiger charge is -2.25. The van der Waals surface area contributed by atoms with Crippen molar-refractivity contribution in [1.29, 1.82) is 0 Å². The van der Waals surface area contributed by atoms with Crippen molar-refractivity contribution < 1.29 is 9.59 Å². The SMILES string of the molecule is NC(=O)[C@@H]1CCC[C@@H]1NC(=O)[C@H]1SCCc2sccc21. The molecule has 0 unspecified atom stereocenters. The smallest absolute Gasteiger partial charge is 0.237 e. The average Bonchev–Trinajstić information content (AvgIpc) is 3.05. The normalized spacial score (nSPS) is 28.9. The second-order valence-corrected chi connectivity index (χ2v) is 7.57. The Morgan fingerprint density at radius 2 is 2.20 bits per heavy atom. The van der Waals surface area contributed by atoms with Crippen LogP contribution in [0.1, 0.15) is 35.0 Å². The fourth-order valence-corrected chi connectivity index (χ4v) is 5.40. The summed E-state index contributed by atoms with van der Waals surface area (Å²) >= 11 is 3.42. The Balaban J connectivity index is 1.70. The molecule has 2 aliphatic rings. The maximum atomic E-state index is 12.5. The van der Waals surface area contributed by atoms with E-state index in [1.165, 1.54) is 4.88 Å². The molecule has 1 aliphatic heterocycles. The van der Waals surface area contributed by atoms with Gasteiger partial charge in [0.25, 0.3) is 0 Å². The minimum Gasteiger partial charge on any atom is -0.369 e. The topological polar surface area (TPSA) is 72.2 Å². The molecule has 3 rings (SSSR count). The van der Waals surface area contributed by atoms with E-state index in [1.54, 1.807) is 23.1 Å². The molecule has 3 atom stereocenters. The van der Waals surface area contributed by atoms with Crippen LogP contribution in [0.4, 0.5) is 0 Å². The zero-order chi connectivity index (χ0) is 14.1. The number of thiophene rings is 1. The summed E-state index contributed by atoms with van der Waals surface area (Å²) in [6.45, 7) is 0. The zero-order valence-electron chi connectivity index (χ0n) is 11.1. The first-order valence-electron chi connectivity index (χ1n) is 6.94. The van der Waals surface area contributed by atoms with Gasteiger partial charge in [0.05, 0.1) is 5.92 Å². The Morgan fingerprint density at radius 3 is 3.00 bits per heavy atom. The molecule has 3 N–H and O–H groups in total. The van der Waals surface area contributed by atoms with E-state index in [9.17, 15) is 9.59 Å². The molecule has 0 bridgehead atoms. The van der Waals surface area contributed by atoms with E-state index in [2.05, 4.69) is 16.8 Å². The fraction of sp³-hybridized carbons (Fsp3) is 0.571. The number of fused-ring (bicyclic) bond motifs is 1. The predicted molar refractivity (Wildman–Crippen MR) is 81.7 cm³/mol. The number of aryl methyl sites for hydroxylation is 1. The van der Waals surface area contributed by atoms with Crippen molar-refractivity contribution in [3.05, 3.63) is 21.9 Å². The van der Waals surface area contributed by atoms with Gasteiger partial charge in [0.1, 0.15) is 5.25 Å². The third-order valence-corrected chi connectivity index (χ3v) is 6.36. The third kappa shape index (κ3) is 2.59. The first-order chi connectivity index (χ1) is 9.66. The summed E-state index contributed by atoms with van der Waals surface area (Å²) in [4.78, 5) is 25.2. The Labute approximate surface area is 126 Å². The zero-order valence-corrected chi connectivity index (χ0v) is 12.8. The number of primary amides is 1. The van der Waals surface area contributed by atoms with Crippen molar-refractivity contribution in [3.8, 4) is 0 Å². The lowest BCUT2D eigenvalue weighted by Crippen LogP contribution is -2.44. The van der Waals surface area contributed by atoms with Gasteiger partial charge in [-0.1, -0.05) is 6.42 Å². The Bertz CT molecular complexity index is 529. The first kappa shape index (κ1) is 13.9. The second-order valence-electron chi connectivity index (χ2n) is 5.35. The van der Waals surface area contributed by atoms with E-state index in [0.717, 1.165) is 37.0 Å². The van der Waals surface area contributed by atoms with E-state index in [0.29, 0.717) is 0 Å². The highest BCUT2D eigenvalue weighted by Gasteiger charge is 2.35. The summed E-state index contributed by atoms with van der Waals surface area (Å²) in [5.41, 5.74) is 6.56. The molecule has 20 heavy (non-hydrogen) atoms. The van der Waals surface area contributed by atoms with Crippen LogP contribution in [0.5, 0.6) is 0 Å². The molecule has 1 saturated carbocycles. The number of amides is 2. The third-order valence-electron chi connectivity index (χ3n) is 4.12. The van der Waals surface area contributed by atoms with Gasteiger partial charge < -0.3 is 11.1 Å². The molecule has 4 nitrogen and oxygen atoms in total. The van der Waals surface area contributed by atoms with Gasteiger partial charge in [0.15, 0.2) is 0 Å². The van der Waals surface area contributed by atoms with Gasteiger partial charge in [-0.25, -0.2) is 0 Å². The van der Waals surface area contributed by atoms with Crippen LogP contribution >= 0.6 is 23.1 Å². The monoisotopic (exact) mass is 310 g/mol. The predicted octanol–water partition coefficient (Wildman–Crippen LogP) is 1.85. The summed E-state index contributed by atoms with van der Waals surface area (Å²) in [7, 11) is 0. The highest BCUT2D eigenvalue weighted by molar-refractivity contribution is 8.00. The van der Waals surface area contributed by atoms with E-state index < -0.39 is 0 Å². The van der Waals surface area contributed by atoms with Gasteiger partial charge in [0.2, 0.25) is 11.8 Å². The molecule has 0 saturated heterocycles. The summed E-state index contributed by atoms with van der Waals surface area (Å²) in [6, 6.07) is 1.97. The molecule has 108 valence electrons. The average molecular weight is 310 g/mol. The Hall–Kier alpha value is -1.01. The molecular weight excluding hydrogens is 292 g/mol. The van der Waals surface area contributed by atoms with Crippen molar-refractivity contribution in [2.75, 3.05) is 5.75 Å². The number of carbonyl (C=O) groups is 2. The van der Waals surface area contributed by atoms with Crippen LogP contribution in [0.2, 0.25) is 0 Å². The first-order valence-corrected chi connectivity index (χ1v) is 8.87. The Kier molecular flexibility index (Phi) is 4.03. The van der Waals surface area contributed by atoms with E-state index >= 15 is 0 Å². The molecule has 0 radical (unpaired) electrons. The van der Waals surface area contributed by atoms with Crippen LogP contribution in [0.3, 0.4) is 0 Å². The van der Waals surface area contributed by atoms with Crippen LogP contribution in [0.25, 0.3) is 0 Å². The molecular formula is C14H18N2O2S2. The summed E-state index contributed by atoms with van der Waals surface area (Å²) in [5.74, 6) is 0.525. The van der Waals surface area contributed by atoms with Crippen LogP contribution in [-0.4, -0.2) is 23.6 Å². The van der Waals surface area contributed by atoms with Gasteiger partial charge >= 0.3 is 0 Å². The molecule has 2 heterocycles. The highest BCUT2D eigenvalue weighted by Crippen LogP contribution is 2.39. The van der Waals surface area contributed by atoms with Gasteiger partial charge in [-0.15, -0.1) is 23.1 Å². The van der Waals surface area contributed by atoms with Crippen molar-refractivity contribution in [2.24, 2.45) is 11.7 Å². The Morgan fingerprint density at radius 1 is 1.35 bits per heavy atom. The fourth-order valence-electron chi connectivity index (χ4n) is 3.10. The van der Waals surface area contributed by atoms with Crippen LogP contribution in [-0.2, 0) is 16.0 Å². The molecule has 1 aromatic heterocycles. The van der Waals surface area contributed by atoms with Crippen molar-refractivity contribution in [2.45, 2.75) is 37.0 Å².